The predicted octanol–water partition coefficient (Wildman–Crippen LogP) is 10.6. The number of unbranched alkanes of at least 4 members (excludes halogenated alkanes) is 15. The fourth-order valence-corrected chi connectivity index (χ4v) is 5.11. The van der Waals surface area contributed by atoms with Crippen molar-refractivity contribution in [3.05, 3.63) is 36.4 Å². The Hall–Kier alpha value is 0.307. The van der Waals surface area contributed by atoms with E-state index in [1.807, 2.05) is 36.4 Å². The molecule has 1 aromatic carbocycles. The fourth-order valence-electron chi connectivity index (χ4n) is 3.26. The molecule has 0 fully saturated rings. The van der Waals surface area contributed by atoms with Crippen molar-refractivity contribution in [2.24, 2.45) is 0 Å². The van der Waals surface area contributed by atoms with Crippen LogP contribution in [0.15, 0.2) is 36.4 Å². The molecule has 0 unspecified atom stereocenters. The van der Waals surface area contributed by atoms with Gasteiger partial charge in [0.25, 0.3) is 0 Å². The van der Waals surface area contributed by atoms with Gasteiger partial charge in [-0.25, -0.2) is 0 Å². The maximum atomic E-state index is 5.87. The fraction of sp³-hybridized carbons (Fsp3) is 0.750. The first-order chi connectivity index (χ1) is 13.6. The minimum atomic E-state index is -2.35. The van der Waals surface area contributed by atoms with E-state index < -0.39 is 6.00 Å². The van der Waals surface area contributed by atoms with Gasteiger partial charge in [-0.05, 0) is 6.04 Å². The Balaban J connectivity index is 0.00000102. The Kier molecular flexibility index (Phi) is 22.2. The van der Waals surface area contributed by atoms with Gasteiger partial charge in [0.1, 0.15) is 0 Å². The van der Waals surface area contributed by atoms with E-state index in [4.69, 9.17) is 33.2 Å². The quantitative estimate of drug-likeness (QED) is 0.122. The summed E-state index contributed by atoms with van der Waals surface area (Å²) < 4.78 is 0. The summed E-state index contributed by atoms with van der Waals surface area (Å²) in [5, 5.41) is 0. The largest absolute Gasteiger partial charge is 0.341 e. The van der Waals surface area contributed by atoms with E-state index in [-0.39, 0.29) is 0 Å². The van der Waals surface area contributed by atoms with Crippen LogP contribution in [0.5, 0.6) is 0 Å². The Labute approximate surface area is 190 Å². The molecule has 0 spiro atoms. The number of hydrogen-bond donors (Lipinski definition) is 0. The van der Waals surface area contributed by atoms with Crippen molar-refractivity contribution in [3.8, 4) is 0 Å². The van der Waals surface area contributed by atoms with E-state index >= 15 is 0 Å². The number of benzene rings is 1. The van der Waals surface area contributed by atoms with Gasteiger partial charge in [-0.15, -0.1) is 33.2 Å². The van der Waals surface area contributed by atoms with Crippen molar-refractivity contribution >= 4 is 39.2 Å². The monoisotopic (exact) mass is 464 g/mol. The Morgan fingerprint density at radius 1 is 0.429 bits per heavy atom. The number of hydrogen-bond acceptors (Lipinski definition) is 0. The zero-order chi connectivity index (χ0) is 20.8. The lowest BCUT2D eigenvalue weighted by molar-refractivity contribution is 0.531. The van der Waals surface area contributed by atoms with Crippen LogP contribution in [0, 0.1) is 0 Å². The van der Waals surface area contributed by atoms with E-state index in [9.17, 15) is 0 Å². The van der Waals surface area contributed by atoms with Crippen molar-refractivity contribution in [2.75, 3.05) is 0 Å². The normalized spacial score (nSPS) is 11.1. The van der Waals surface area contributed by atoms with Crippen LogP contribution in [0.4, 0.5) is 0 Å². The van der Waals surface area contributed by atoms with Crippen LogP contribution in [-0.2, 0) is 0 Å². The van der Waals surface area contributed by atoms with Crippen molar-refractivity contribution < 1.29 is 0 Å². The Morgan fingerprint density at radius 2 is 0.679 bits per heavy atom. The van der Waals surface area contributed by atoms with Gasteiger partial charge in [0, 0.05) is 0 Å². The molecule has 1 aromatic rings. The number of halogens is 3. The SMILES string of the molecule is CCCCCCCCCCCCCCCCCC[Si](Cl)(Cl)Cl.c1ccccc1. The van der Waals surface area contributed by atoms with Gasteiger partial charge in [-0.1, -0.05) is 146 Å². The standard InChI is InChI=1S/C18H37Cl3Si.C6H6/c1-2-3-4-5-6-7-8-9-10-11-12-13-14-15-16-17-18-22(19,20)21;1-2-4-6-5-3-1/h2-18H2,1H3;1-6H. The van der Waals surface area contributed by atoms with Gasteiger partial charge in [0.15, 0.2) is 0 Å². The Bertz CT molecular complexity index is 366. The third-order valence-corrected chi connectivity index (χ3v) is 7.60. The molecule has 0 aliphatic heterocycles. The molecule has 4 heteroatoms. The molecule has 0 bridgehead atoms. The summed E-state index contributed by atoms with van der Waals surface area (Å²) in [6.07, 6.45) is 22.2. The highest BCUT2D eigenvalue weighted by atomic mass is 35.8. The molecule has 28 heavy (non-hydrogen) atoms. The number of rotatable bonds is 17. The minimum Gasteiger partial charge on any atom is -0.126 e. The van der Waals surface area contributed by atoms with Crippen LogP contribution in [0.3, 0.4) is 0 Å². The van der Waals surface area contributed by atoms with E-state index in [0.717, 1.165) is 12.5 Å². The molecule has 0 N–H and O–H groups in total. The second-order valence-electron chi connectivity index (χ2n) is 7.82. The summed E-state index contributed by atoms with van der Waals surface area (Å²) in [6, 6.07) is 10.5. The van der Waals surface area contributed by atoms with Gasteiger partial charge < -0.3 is 0 Å². The average molecular weight is 466 g/mol. The molecular formula is C24H43Cl3Si. The van der Waals surface area contributed by atoms with Crippen molar-refractivity contribution in [3.63, 3.8) is 0 Å². The van der Waals surface area contributed by atoms with Gasteiger partial charge in [-0.2, -0.15) is 0 Å². The molecule has 0 saturated carbocycles. The van der Waals surface area contributed by atoms with Crippen LogP contribution in [0.2, 0.25) is 6.04 Å². The summed E-state index contributed by atoms with van der Waals surface area (Å²) in [5.41, 5.74) is 0. The first kappa shape index (κ1) is 28.3. The zero-order valence-corrected chi connectivity index (χ0v) is 21.4. The summed E-state index contributed by atoms with van der Waals surface area (Å²) in [4.78, 5) is 0. The molecule has 164 valence electrons. The average Bonchev–Trinajstić information content (AvgIpc) is 2.69. The highest BCUT2D eigenvalue weighted by Crippen LogP contribution is 2.27. The molecule has 0 aliphatic rings. The highest BCUT2D eigenvalue weighted by molar-refractivity contribution is 7.64. The highest BCUT2D eigenvalue weighted by Gasteiger charge is 2.23. The van der Waals surface area contributed by atoms with E-state index in [2.05, 4.69) is 6.92 Å². The van der Waals surface area contributed by atoms with Crippen LogP contribution < -0.4 is 0 Å². The lowest BCUT2D eigenvalue weighted by Gasteiger charge is -2.07. The predicted molar refractivity (Wildman–Crippen MR) is 134 cm³/mol. The molecule has 0 atom stereocenters. The van der Waals surface area contributed by atoms with E-state index in [0.29, 0.717) is 0 Å². The van der Waals surface area contributed by atoms with Gasteiger partial charge >= 0.3 is 6.00 Å². The maximum absolute atomic E-state index is 5.87. The molecule has 0 saturated heterocycles. The third kappa shape index (κ3) is 26.3. The first-order valence-corrected chi connectivity index (χ1v) is 16.9. The smallest absolute Gasteiger partial charge is 0.126 e. The lowest BCUT2D eigenvalue weighted by Crippen LogP contribution is -2.07. The van der Waals surface area contributed by atoms with Gasteiger partial charge in [-0.3, -0.25) is 0 Å². The van der Waals surface area contributed by atoms with Crippen molar-refractivity contribution in [2.45, 2.75) is 116 Å². The summed E-state index contributed by atoms with van der Waals surface area (Å²) in [5.74, 6) is 0. The summed E-state index contributed by atoms with van der Waals surface area (Å²) in [6.45, 7) is 2.28. The summed E-state index contributed by atoms with van der Waals surface area (Å²) >= 11 is 17.6. The maximum Gasteiger partial charge on any atom is 0.341 e. The van der Waals surface area contributed by atoms with Crippen molar-refractivity contribution in [1.82, 2.24) is 0 Å². The second kappa shape index (κ2) is 22.0. The van der Waals surface area contributed by atoms with Gasteiger partial charge in [0.05, 0.1) is 0 Å². The summed E-state index contributed by atoms with van der Waals surface area (Å²) in [7, 11) is 0. The lowest BCUT2D eigenvalue weighted by atomic mass is 10.0. The Morgan fingerprint density at radius 3 is 0.929 bits per heavy atom. The first-order valence-electron chi connectivity index (χ1n) is 11.6. The molecule has 0 nitrogen and oxygen atoms in total. The minimum absolute atomic E-state index is 0.829. The van der Waals surface area contributed by atoms with Crippen LogP contribution in [-0.4, -0.2) is 6.00 Å². The van der Waals surface area contributed by atoms with E-state index in [1.165, 1.54) is 96.3 Å². The molecular weight excluding hydrogens is 423 g/mol. The third-order valence-electron chi connectivity index (χ3n) is 4.98. The van der Waals surface area contributed by atoms with Crippen LogP contribution in [0.25, 0.3) is 0 Å². The molecule has 0 aliphatic carbocycles. The zero-order valence-electron chi connectivity index (χ0n) is 18.1. The van der Waals surface area contributed by atoms with Gasteiger partial charge in [0.2, 0.25) is 0 Å². The van der Waals surface area contributed by atoms with Crippen LogP contribution in [0.1, 0.15) is 110 Å². The van der Waals surface area contributed by atoms with Crippen molar-refractivity contribution in [1.29, 1.82) is 0 Å². The topological polar surface area (TPSA) is 0 Å². The molecule has 0 aromatic heterocycles. The molecule has 0 heterocycles. The molecule has 0 amide bonds. The van der Waals surface area contributed by atoms with E-state index in [1.54, 1.807) is 0 Å². The second-order valence-corrected chi connectivity index (χ2v) is 17.1. The molecule has 1 rings (SSSR count). The molecule has 0 radical (unpaired) electrons. The van der Waals surface area contributed by atoms with Crippen LogP contribution >= 0.6 is 33.2 Å².